The van der Waals surface area contributed by atoms with Crippen LogP contribution in [0.25, 0.3) is 11.0 Å². The highest BCUT2D eigenvalue weighted by Crippen LogP contribution is 2.35. The molecule has 2 aromatic rings. The lowest BCUT2D eigenvalue weighted by Gasteiger charge is -2.38. The Labute approximate surface area is 177 Å². The van der Waals surface area contributed by atoms with Gasteiger partial charge in [0.2, 0.25) is 5.91 Å². The fraction of sp³-hybridized carbons (Fsp3) is 0.667. The summed E-state index contributed by atoms with van der Waals surface area (Å²) in [7, 11) is 0. The molecule has 152 valence electrons. The SMILES string of the molecule is NC(=O)CCNc1ncnc2c1c(I)nn2C1CCC(N2CCOCC2)CC1. The second-order valence-corrected chi connectivity index (χ2v) is 8.43. The summed E-state index contributed by atoms with van der Waals surface area (Å²) in [5, 5.41) is 8.91. The molecule has 28 heavy (non-hydrogen) atoms. The Morgan fingerprint density at radius 2 is 1.93 bits per heavy atom. The third kappa shape index (κ3) is 4.23. The lowest BCUT2D eigenvalue weighted by Crippen LogP contribution is -2.45. The number of hydrogen-bond acceptors (Lipinski definition) is 7. The molecule has 0 unspecified atom stereocenters. The normalized spacial score (nSPS) is 23.8. The van der Waals surface area contributed by atoms with Crippen LogP contribution in [0.4, 0.5) is 5.82 Å². The number of aromatic nitrogens is 4. The molecular weight excluding hydrogens is 473 g/mol. The number of hydrogen-bond donors (Lipinski definition) is 2. The van der Waals surface area contributed by atoms with E-state index in [9.17, 15) is 4.79 Å². The van der Waals surface area contributed by atoms with Gasteiger partial charge >= 0.3 is 0 Å². The predicted octanol–water partition coefficient (Wildman–Crippen LogP) is 1.53. The van der Waals surface area contributed by atoms with Gasteiger partial charge in [-0.3, -0.25) is 9.69 Å². The van der Waals surface area contributed by atoms with Gasteiger partial charge in [-0.05, 0) is 48.3 Å². The Hall–Kier alpha value is -1.53. The highest BCUT2D eigenvalue weighted by Gasteiger charge is 2.29. The number of nitrogens with two attached hydrogens (primary N) is 1. The van der Waals surface area contributed by atoms with Gasteiger partial charge in [0.1, 0.15) is 15.8 Å². The maximum Gasteiger partial charge on any atom is 0.219 e. The molecule has 0 aromatic carbocycles. The molecule has 1 amide bonds. The first-order valence-electron chi connectivity index (χ1n) is 9.86. The molecule has 9 nitrogen and oxygen atoms in total. The van der Waals surface area contributed by atoms with E-state index in [1.165, 1.54) is 12.8 Å². The molecule has 0 atom stereocenters. The molecular formula is C18H26IN7O2. The Kier molecular flexibility index (Phi) is 6.26. The van der Waals surface area contributed by atoms with E-state index >= 15 is 0 Å². The van der Waals surface area contributed by atoms with Crippen molar-refractivity contribution in [3.63, 3.8) is 0 Å². The number of nitrogens with zero attached hydrogens (tertiary/aromatic N) is 5. The highest BCUT2D eigenvalue weighted by atomic mass is 127. The summed E-state index contributed by atoms with van der Waals surface area (Å²) in [6.45, 7) is 4.25. The monoisotopic (exact) mass is 499 g/mol. The van der Waals surface area contributed by atoms with Gasteiger partial charge in [0.05, 0.1) is 24.6 Å². The summed E-state index contributed by atoms with van der Waals surface area (Å²) in [6.07, 6.45) is 6.38. The van der Waals surface area contributed by atoms with Crippen molar-refractivity contribution in [3.8, 4) is 0 Å². The molecule has 2 fully saturated rings. The average Bonchev–Trinajstić information content (AvgIpc) is 3.06. The molecule has 0 bridgehead atoms. The van der Waals surface area contributed by atoms with Crippen LogP contribution < -0.4 is 11.1 Å². The average molecular weight is 499 g/mol. The van der Waals surface area contributed by atoms with Gasteiger partial charge in [-0.2, -0.15) is 5.10 Å². The van der Waals surface area contributed by atoms with Gasteiger partial charge < -0.3 is 15.8 Å². The number of halogens is 1. The Bertz CT molecular complexity index is 829. The van der Waals surface area contributed by atoms with Crippen molar-refractivity contribution in [2.75, 3.05) is 38.2 Å². The van der Waals surface area contributed by atoms with Gasteiger partial charge in [0.25, 0.3) is 0 Å². The maximum absolute atomic E-state index is 11.0. The Morgan fingerprint density at radius 3 is 2.64 bits per heavy atom. The van der Waals surface area contributed by atoms with Crippen molar-refractivity contribution in [1.29, 1.82) is 0 Å². The number of carbonyl (C=O) groups is 1. The fourth-order valence-corrected chi connectivity index (χ4v) is 4.96. The van der Waals surface area contributed by atoms with E-state index in [0.29, 0.717) is 24.4 Å². The molecule has 1 aliphatic carbocycles. The largest absolute Gasteiger partial charge is 0.379 e. The van der Waals surface area contributed by atoms with Crippen molar-refractivity contribution in [2.45, 2.75) is 44.2 Å². The minimum absolute atomic E-state index is 0.266. The quantitative estimate of drug-likeness (QED) is 0.580. The number of fused-ring (bicyclic) bond motifs is 1. The minimum atomic E-state index is -0.333. The lowest BCUT2D eigenvalue weighted by atomic mass is 9.90. The number of nitrogens with one attached hydrogen (secondary N) is 1. The molecule has 1 saturated carbocycles. The second-order valence-electron chi connectivity index (χ2n) is 7.41. The van der Waals surface area contributed by atoms with Crippen molar-refractivity contribution in [3.05, 3.63) is 10.0 Å². The zero-order valence-electron chi connectivity index (χ0n) is 15.8. The van der Waals surface area contributed by atoms with E-state index in [4.69, 9.17) is 15.6 Å². The number of morpholine rings is 1. The smallest absolute Gasteiger partial charge is 0.219 e. The van der Waals surface area contributed by atoms with Gasteiger partial charge in [-0.25, -0.2) is 14.6 Å². The fourth-order valence-electron chi connectivity index (χ4n) is 4.24. The van der Waals surface area contributed by atoms with Crippen LogP contribution in [0.3, 0.4) is 0 Å². The van der Waals surface area contributed by atoms with E-state index in [1.807, 2.05) is 0 Å². The topological polar surface area (TPSA) is 111 Å². The van der Waals surface area contributed by atoms with Crippen LogP contribution in [-0.4, -0.2) is 69.4 Å². The summed E-state index contributed by atoms with van der Waals surface area (Å²) in [6, 6.07) is 1.01. The minimum Gasteiger partial charge on any atom is -0.379 e. The molecule has 3 N–H and O–H groups in total. The van der Waals surface area contributed by atoms with E-state index in [2.05, 4.69) is 47.5 Å². The maximum atomic E-state index is 11.0. The highest BCUT2D eigenvalue weighted by molar-refractivity contribution is 14.1. The van der Waals surface area contributed by atoms with Crippen molar-refractivity contribution in [2.24, 2.45) is 5.73 Å². The molecule has 2 aromatic heterocycles. The van der Waals surface area contributed by atoms with E-state index < -0.39 is 0 Å². The third-order valence-electron chi connectivity index (χ3n) is 5.68. The molecule has 0 spiro atoms. The number of amides is 1. The first-order chi connectivity index (χ1) is 13.6. The van der Waals surface area contributed by atoms with Crippen LogP contribution in [0.5, 0.6) is 0 Å². The van der Waals surface area contributed by atoms with Crippen LogP contribution in [0.1, 0.15) is 38.1 Å². The summed E-state index contributed by atoms with van der Waals surface area (Å²) < 4.78 is 8.44. The van der Waals surface area contributed by atoms with Crippen LogP contribution >= 0.6 is 22.6 Å². The van der Waals surface area contributed by atoms with E-state index in [0.717, 1.165) is 53.9 Å². The Balaban J connectivity index is 1.48. The first kappa shape index (κ1) is 19.8. The number of ether oxygens (including phenoxy) is 1. The number of primary amides is 1. The lowest BCUT2D eigenvalue weighted by molar-refractivity contribution is -0.117. The summed E-state index contributed by atoms with van der Waals surface area (Å²) >= 11 is 2.24. The summed E-state index contributed by atoms with van der Waals surface area (Å²) in [5.41, 5.74) is 6.08. The standard InChI is InChI=1S/C18H26IN7O2/c19-16-15-17(21-6-5-14(20)27)22-11-23-18(15)26(24-16)13-3-1-12(2-4-13)25-7-9-28-10-8-25/h11-13H,1-10H2,(H2,20,27)(H,21,22,23). The Morgan fingerprint density at radius 1 is 1.21 bits per heavy atom. The van der Waals surface area contributed by atoms with Crippen molar-refractivity contribution >= 4 is 45.3 Å². The van der Waals surface area contributed by atoms with Gasteiger partial charge in [0, 0.05) is 32.1 Å². The molecule has 2 aliphatic rings. The van der Waals surface area contributed by atoms with E-state index in [-0.39, 0.29) is 12.3 Å². The van der Waals surface area contributed by atoms with Crippen LogP contribution in [0, 0.1) is 3.70 Å². The second kappa shape index (κ2) is 8.87. The van der Waals surface area contributed by atoms with Crippen LogP contribution in [0.15, 0.2) is 6.33 Å². The zero-order chi connectivity index (χ0) is 19.5. The van der Waals surface area contributed by atoms with Gasteiger partial charge in [0.15, 0.2) is 5.65 Å². The van der Waals surface area contributed by atoms with Crippen molar-refractivity contribution in [1.82, 2.24) is 24.6 Å². The van der Waals surface area contributed by atoms with Crippen LogP contribution in [-0.2, 0) is 9.53 Å². The number of rotatable bonds is 6. The third-order valence-corrected chi connectivity index (χ3v) is 6.44. The molecule has 3 heterocycles. The molecule has 10 heteroatoms. The zero-order valence-corrected chi connectivity index (χ0v) is 18.0. The molecule has 1 aliphatic heterocycles. The summed E-state index contributed by atoms with van der Waals surface area (Å²) in [4.78, 5) is 22.4. The number of carbonyl (C=O) groups excluding carboxylic acids is 1. The van der Waals surface area contributed by atoms with Gasteiger partial charge in [-0.15, -0.1) is 0 Å². The number of anilines is 1. The van der Waals surface area contributed by atoms with Crippen LogP contribution in [0.2, 0.25) is 0 Å². The molecule has 1 saturated heterocycles. The van der Waals surface area contributed by atoms with Crippen molar-refractivity contribution < 1.29 is 9.53 Å². The molecule has 0 radical (unpaired) electrons. The predicted molar refractivity (Wildman–Crippen MR) is 114 cm³/mol. The van der Waals surface area contributed by atoms with Gasteiger partial charge in [-0.1, -0.05) is 0 Å². The summed E-state index contributed by atoms with van der Waals surface area (Å²) in [5.74, 6) is 0.379. The molecule has 4 rings (SSSR count). The van der Waals surface area contributed by atoms with E-state index in [1.54, 1.807) is 6.33 Å². The first-order valence-corrected chi connectivity index (χ1v) is 10.9.